The zero-order chi connectivity index (χ0) is 10.3. The molecule has 0 bridgehead atoms. The van der Waals surface area contributed by atoms with Crippen molar-refractivity contribution in [2.45, 2.75) is 18.8 Å². The van der Waals surface area contributed by atoms with Gasteiger partial charge >= 0.3 is 0 Å². The highest BCUT2D eigenvalue weighted by molar-refractivity contribution is 5.86. The smallest absolute Gasteiger partial charge is 0.194 e. The number of ketones is 1. The van der Waals surface area contributed by atoms with Crippen LogP contribution in [0.15, 0.2) is 12.1 Å². The number of carbonyl (C=O) groups excluding carboxylic acids is 1. The third kappa shape index (κ3) is 1.41. The first-order chi connectivity index (χ1) is 6.58. The van der Waals surface area contributed by atoms with Gasteiger partial charge in [0, 0.05) is 12.8 Å². The second-order valence-electron chi connectivity index (χ2n) is 3.44. The third-order valence-electron chi connectivity index (χ3n) is 2.43. The average Bonchev–Trinajstić information content (AvgIpc) is 2.08. The van der Waals surface area contributed by atoms with E-state index in [4.69, 9.17) is 0 Å². The van der Waals surface area contributed by atoms with Gasteiger partial charge < -0.3 is 0 Å². The molecule has 2 rings (SSSR count). The predicted molar refractivity (Wildman–Crippen MR) is 43.3 cm³/mol. The summed E-state index contributed by atoms with van der Waals surface area (Å²) in [5, 5.41) is 0. The van der Waals surface area contributed by atoms with Crippen molar-refractivity contribution in [3.05, 3.63) is 35.1 Å². The third-order valence-corrected chi connectivity index (χ3v) is 2.43. The van der Waals surface area contributed by atoms with Crippen LogP contribution in [0.1, 0.15) is 24.3 Å². The number of hydrogen-bond acceptors (Lipinski definition) is 1. The highest BCUT2D eigenvalue weighted by atomic mass is 19.2. The highest BCUT2D eigenvalue weighted by Crippen LogP contribution is 2.34. The van der Waals surface area contributed by atoms with E-state index in [0.29, 0.717) is 18.4 Å². The molecule has 0 radical (unpaired) electrons. The van der Waals surface area contributed by atoms with Crippen molar-refractivity contribution in [2.75, 3.05) is 0 Å². The van der Waals surface area contributed by atoms with Gasteiger partial charge in [-0.1, -0.05) is 0 Å². The molecule has 0 atom stereocenters. The molecule has 1 aromatic rings. The summed E-state index contributed by atoms with van der Waals surface area (Å²) in [5.41, 5.74) is 0.362. The fraction of sp³-hybridized carbons (Fsp3) is 0.300. The van der Waals surface area contributed by atoms with E-state index in [1.165, 1.54) is 0 Å². The monoisotopic (exact) mass is 200 g/mol. The van der Waals surface area contributed by atoms with Gasteiger partial charge in [-0.3, -0.25) is 4.79 Å². The molecule has 14 heavy (non-hydrogen) atoms. The lowest BCUT2D eigenvalue weighted by Crippen LogP contribution is -2.21. The zero-order valence-corrected chi connectivity index (χ0v) is 7.19. The largest absolute Gasteiger partial charge is 0.300 e. The Morgan fingerprint density at radius 2 is 1.57 bits per heavy atom. The molecule has 0 amide bonds. The van der Waals surface area contributed by atoms with Crippen LogP contribution in [0.4, 0.5) is 13.2 Å². The highest BCUT2D eigenvalue weighted by Gasteiger charge is 2.29. The van der Waals surface area contributed by atoms with E-state index >= 15 is 0 Å². The Morgan fingerprint density at radius 1 is 1.07 bits per heavy atom. The molecule has 74 valence electrons. The predicted octanol–water partition coefficient (Wildman–Crippen LogP) is 2.55. The summed E-state index contributed by atoms with van der Waals surface area (Å²) in [6.07, 6.45) is 0.592. The van der Waals surface area contributed by atoms with Crippen molar-refractivity contribution < 1.29 is 18.0 Å². The molecular formula is C10H7F3O. The Bertz CT molecular complexity index is 369. The molecule has 0 N–H and O–H groups in total. The van der Waals surface area contributed by atoms with E-state index in [0.717, 1.165) is 12.1 Å². The second-order valence-corrected chi connectivity index (χ2v) is 3.44. The van der Waals surface area contributed by atoms with Crippen LogP contribution in [0.2, 0.25) is 0 Å². The Morgan fingerprint density at radius 3 is 2.00 bits per heavy atom. The van der Waals surface area contributed by atoms with Crippen molar-refractivity contribution in [3.8, 4) is 0 Å². The average molecular weight is 200 g/mol. The first kappa shape index (κ1) is 9.24. The molecule has 0 saturated heterocycles. The molecule has 1 aliphatic rings. The number of carbonyl (C=O) groups is 1. The summed E-state index contributed by atoms with van der Waals surface area (Å²) in [6, 6.07) is 1.91. The summed E-state index contributed by atoms with van der Waals surface area (Å²) in [7, 11) is 0. The van der Waals surface area contributed by atoms with E-state index in [1.807, 2.05) is 0 Å². The number of hydrogen-bond donors (Lipinski definition) is 0. The maximum absolute atomic E-state index is 12.8. The summed E-state index contributed by atoms with van der Waals surface area (Å²) in [6.45, 7) is 0. The van der Waals surface area contributed by atoms with Gasteiger partial charge in [-0.25, -0.2) is 13.2 Å². The van der Waals surface area contributed by atoms with Gasteiger partial charge in [0.2, 0.25) is 0 Å². The van der Waals surface area contributed by atoms with Crippen LogP contribution in [-0.4, -0.2) is 5.78 Å². The van der Waals surface area contributed by atoms with E-state index in [2.05, 4.69) is 0 Å². The van der Waals surface area contributed by atoms with E-state index in [1.54, 1.807) is 0 Å². The minimum absolute atomic E-state index is 0.0696. The molecule has 0 spiro atoms. The van der Waals surface area contributed by atoms with Gasteiger partial charge in [0.1, 0.15) is 5.78 Å². The van der Waals surface area contributed by atoms with Crippen molar-refractivity contribution in [2.24, 2.45) is 0 Å². The quantitative estimate of drug-likeness (QED) is 0.636. The molecule has 0 aromatic heterocycles. The molecular weight excluding hydrogens is 193 g/mol. The Kier molecular flexibility index (Phi) is 2.06. The van der Waals surface area contributed by atoms with E-state index < -0.39 is 17.5 Å². The van der Waals surface area contributed by atoms with Crippen LogP contribution in [0, 0.1) is 17.5 Å². The lowest BCUT2D eigenvalue weighted by molar-refractivity contribution is -0.124. The lowest BCUT2D eigenvalue weighted by Gasteiger charge is -2.24. The van der Waals surface area contributed by atoms with Gasteiger partial charge in [-0.05, 0) is 23.6 Å². The maximum Gasteiger partial charge on any atom is 0.194 e. The van der Waals surface area contributed by atoms with Crippen molar-refractivity contribution >= 4 is 5.78 Å². The van der Waals surface area contributed by atoms with Crippen LogP contribution in [0.5, 0.6) is 0 Å². The van der Waals surface area contributed by atoms with Crippen LogP contribution < -0.4 is 0 Å². The normalized spacial score (nSPS) is 16.9. The summed E-state index contributed by atoms with van der Waals surface area (Å²) < 4.78 is 38.1. The maximum atomic E-state index is 12.8. The summed E-state index contributed by atoms with van der Waals surface area (Å²) >= 11 is 0. The minimum Gasteiger partial charge on any atom is -0.300 e. The first-order valence-corrected chi connectivity index (χ1v) is 4.24. The Balaban J connectivity index is 2.32. The van der Waals surface area contributed by atoms with Gasteiger partial charge in [0.25, 0.3) is 0 Å². The molecule has 1 aliphatic carbocycles. The van der Waals surface area contributed by atoms with E-state index in [-0.39, 0.29) is 11.7 Å². The Labute approximate surface area is 78.5 Å². The van der Waals surface area contributed by atoms with Crippen LogP contribution >= 0.6 is 0 Å². The van der Waals surface area contributed by atoms with Crippen molar-refractivity contribution in [1.82, 2.24) is 0 Å². The van der Waals surface area contributed by atoms with E-state index in [9.17, 15) is 18.0 Å². The van der Waals surface area contributed by atoms with Gasteiger partial charge in [-0.15, -0.1) is 0 Å². The Hall–Kier alpha value is -1.32. The first-order valence-electron chi connectivity index (χ1n) is 4.24. The topological polar surface area (TPSA) is 17.1 Å². The molecule has 0 aliphatic heterocycles. The molecule has 0 heterocycles. The lowest BCUT2D eigenvalue weighted by atomic mass is 9.79. The number of benzene rings is 1. The minimum atomic E-state index is -1.46. The van der Waals surface area contributed by atoms with Crippen molar-refractivity contribution in [1.29, 1.82) is 0 Å². The molecule has 1 nitrogen and oxygen atoms in total. The summed E-state index contributed by atoms with van der Waals surface area (Å²) in [4.78, 5) is 10.7. The molecule has 1 aromatic carbocycles. The molecule has 0 unspecified atom stereocenters. The second kappa shape index (κ2) is 3.12. The SMILES string of the molecule is O=C1CC(c2cc(F)c(F)c(F)c2)C1. The number of halogens is 3. The van der Waals surface area contributed by atoms with Gasteiger partial charge in [0.15, 0.2) is 17.5 Å². The van der Waals surface area contributed by atoms with Crippen LogP contribution in [0.3, 0.4) is 0 Å². The van der Waals surface area contributed by atoms with Crippen molar-refractivity contribution in [3.63, 3.8) is 0 Å². The van der Waals surface area contributed by atoms with Gasteiger partial charge in [0.05, 0.1) is 0 Å². The van der Waals surface area contributed by atoms with Crippen LogP contribution in [0.25, 0.3) is 0 Å². The zero-order valence-electron chi connectivity index (χ0n) is 7.19. The fourth-order valence-electron chi connectivity index (χ4n) is 1.54. The van der Waals surface area contributed by atoms with Crippen LogP contribution in [-0.2, 0) is 4.79 Å². The summed E-state index contributed by atoms with van der Waals surface area (Å²) in [5.74, 6) is -3.93. The molecule has 1 fully saturated rings. The fourth-order valence-corrected chi connectivity index (χ4v) is 1.54. The molecule has 1 saturated carbocycles. The number of Topliss-reactive ketones (excluding diaryl/α,β-unsaturated/α-hetero) is 1. The van der Waals surface area contributed by atoms with Gasteiger partial charge in [-0.2, -0.15) is 0 Å². The molecule has 4 heteroatoms. The standard InChI is InChI=1S/C10H7F3O/c11-8-3-6(4-9(12)10(8)13)5-1-7(14)2-5/h3-5H,1-2H2. The number of rotatable bonds is 1.